The van der Waals surface area contributed by atoms with Gasteiger partial charge in [-0.15, -0.1) is 0 Å². The van der Waals surface area contributed by atoms with Crippen LogP contribution >= 0.6 is 0 Å². The van der Waals surface area contributed by atoms with Crippen molar-refractivity contribution in [2.45, 2.75) is 12.3 Å². The summed E-state index contributed by atoms with van der Waals surface area (Å²) in [5.41, 5.74) is 3.13. The maximum absolute atomic E-state index is 13.5. The lowest BCUT2D eigenvalue weighted by Gasteiger charge is -2.29. The first-order valence-electron chi connectivity index (χ1n) is 9.95. The fraction of sp³-hybridized carbons (Fsp3) is 0.304. The second kappa shape index (κ2) is 8.97. The molecule has 0 saturated heterocycles. The van der Waals surface area contributed by atoms with Crippen molar-refractivity contribution >= 4 is 5.91 Å². The summed E-state index contributed by atoms with van der Waals surface area (Å²) in [6.45, 7) is 0.191. The summed E-state index contributed by atoms with van der Waals surface area (Å²) < 4.78 is 35.0. The number of aromatic amines is 1. The Balaban J connectivity index is 1.87. The summed E-state index contributed by atoms with van der Waals surface area (Å²) in [5.74, 6) is 0.524. The zero-order valence-corrected chi connectivity index (χ0v) is 18.2. The quantitative estimate of drug-likeness (QED) is 0.540. The van der Waals surface area contributed by atoms with E-state index >= 15 is 0 Å². The van der Waals surface area contributed by atoms with Gasteiger partial charge in [0.25, 0.3) is 5.91 Å². The minimum Gasteiger partial charge on any atom is -0.493 e. The van der Waals surface area contributed by atoms with Crippen LogP contribution in [0.15, 0.2) is 42.5 Å². The van der Waals surface area contributed by atoms with Gasteiger partial charge in [-0.2, -0.15) is 5.10 Å². The van der Waals surface area contributed by atoms with Crippen molar-refractivity contribution in [3.63, 3.8) is 0 Å². The van der Waals surface area contributed by atoms with Gasteiger partial charge in [0.05, 0.1) is 32.5 Å². The predicted octanol–water partition coefficient (Wildman–Crippen LogP) is 3.40. The third kappa shape index (κ3) is 3.69. The Bertz CT molecular complexity index is 1110. The minimum absolute atomic E-state index is 0.191. The molecule has 0 saturated carbocycles. The van der Waals surface area contributed by atoms with E-state index in [0.717, 1.165) is 5.56 Å². The highest BCUT2D eigenvalue weighted by Crippen LogP contribution is 2.44. The number of nitrogens with one attached hydrogen (secondary N) is 1. The van der Waals surface area contributed by atoms with Crippen molar-refractivity contribution in [3.05, 3.63) is 65.1 Å². The summed E-state index contributed by atoms with van der Waals surface area (Å²) in [6.07, 6.45) is -0.618. The zero-order chi connectivity index (χ0) is 22.8. The number of methoxy groups -OCH3 is 4. The molecule has 0 aliphatic carbocycles. The van der Waals surface area contributed by atoms with Gasteiger partial charge in [-0.25, -0.2) is 4.39 Å². The molecule has 0 radical (unpaired) electrons. The number of rotatable bonds is 8. The second-order valence-corrected chi connectivity index (χ2v) is 7.24. The molecular formula is C23H24FN3O5. The van der Waals surface area contributed by atoms with Crippen molar-refractivity contribution in [3.8, 4) is 22.8 Å². The van der Waals surface area contributed by atoms with Crippen LogP contribution in [0.4, 0.5) is 4.39 Å². The number of fused-ring (bicyclic) bond motifs is 1. The van der Waals surface area contributed by atoms with Gasteiger partial charge >= 0.3 is 0 Å². The lowest BCUT2D eigenvalue weighted by molar-refractivity contribution is -0.113. The topological polar surface area (TPSA) is 85.9 Å². The zero-order valence-electron chi connectivity index (χ0n) is 18.2. The third-order valence-electron chi connectivity index (χ3n) is 5.58. The molecule has 1 amide bonds. The van der Waals surface area contributed by atoms with E-state index < -0.39 is 12.3 Å². The van der Waals surface area contributed by atoms with Gasteiger partial charge in [0, 0.05) is 25.3 Å². The average Bonchev–Trinajstić information content (AvgIpc) is 3.36. The minimum atomic E-state index is -0.618. The number of nitrogens with zero attached hydrogens (tertiary/aromatic N) is 2. The number of benzene rings is 2. The van der Waals surface area contributed by atoms with Gasteiger partial charge < -0.3 is 23.8 Å². The molecule has 1 atom stereocenters. The number of hydrogen-bond donors (Lipinski definition) is 1. The van der Waals surface area contributed by atoms with Crippen LogP contribution < -0.4 is 9.47 Å². The summed E-state index contributed by atoms with van der Waals surface area (Å²) in [7, 11) is 6.15. The molecule has 1 aliphatic heterocycles. The van der Waals surface area contributed by atoms with Gasteiger partial charge in [-0.1, -0.05) is 6.07 Å². The van der Waals surface area contributed by atoms with Crippen LogP contribution in [0.3, 0.4) is 0 Å². The van der Waals surface area contributed by atoms with Crippen molar-refractivity contribution in [1.82, 2.24) is 15.1 Å². The summed E-state index contributed by atoms with van der Waals surface area (Å²) in [5, 5.41) is 7.25. The molecule has 1 aromatic heterocycles. The predicted molar refractivity (Wildman–Crippen MR) is 114 cm³/mol. The fourth-order valence-electron chi connectivity index (χ4n) is 3.99. The lowest BCUT2D eigenvalue weighted by atomic mass is 9.95. The fourth-order valence-corrected chi connectivity index (χ4v) is 3.99. The van der Waals surface area contributed by atoms with Crippen molar-refractivity contribution in [1.29, 1.82) is 0 Å². The molecule has 2 heterocycles. The van der Waals surface area contributed by atoms with Crippen LogP contribution in [0.2, 0.25) is 0 Å². The Morgan fingerprint density at radius 2 is 1.72 bits per heavy atom. The second-order valence-electron chi connectivity index (χ2n) is 7.24. The van der Waals surface area contributed by atoms with Gasteiger partial charge in [-0.05, 0) is 42.0 Å². The molecule has 3 aromatic rings. The van der Waals surface area contributed by atoms with Gasteiger partial charge in [0.1, 0.15) is 11.5 Å². The van der Waals surface area contributed by atoms with Crippen LogP contribution in [-0.2, 0) is 9.47 Å². The number of H-pyrrole nitrogens is 1. The molecule has 2 aromatic carbocycles. The first-order chi connectivity index (χ1) is 15.5. The molecule has 0 bridgehead atoms. The molecule has 1 aliphatic rings. The highest BCUT2D eigenvalue weighted by molar-refractivity contribution is 6.00. The van der Waals surface area contributed by atoms with Crippen LogP contribution in [0, 0.1) is 5.82 Å². The van der Waals surface area contributed by atoms with E-state index in [1.165, 1.54) is 26.4 Å². The number of carbonyl (C=O) groups is 1. The Hall–Kier alpha value is -3.43. The van der Waals surface area contributed by atoms with Gasteiger partial charge in [-0.3, -0.25) is 9.89 Å². The maximum Gasteiger partial charge on any atom is 0.273 e. The molecule has 0 spiro atoms. The van der Waals surface area contributed by atoms with E-state index in [1.807, 2.05) is 12.1 Å². The number of ether oxygens (including phenoxy) is 4. The number of hydrogen-bond acceptors (Lipinski definition) is 6. The van der Waals surface area contributed by atoms with E-state index in [2.05, 4.69) is 10.2 Å². The molecule has 1 unspecified atom stereocenters. The van der Waals surface area contributed by atoms with E-state index in [0.29, 0.717) is 34.0 Å². The number of halogens is 1. The van der Waals surface area contributed by atoms with Crippen LogP contribution in [0.1, 0.15) is 27.7 Å². The van der Waals surface area contributed by atoms with Crippen molar-refractivity contribution < 1.29 is 28.1 Å². The van der Waals surface area contributed by atoms with E-state index in [-0.39, 0.29) is 18.3 Å². The van der Waals surface area contributed by atoms with Crippen molar-refractivity contribution in [2.24, 2.45) is 0 Å². The molecule has 9 heteroatoms. The van der Waals surface area contributed by atoms with Gasteiger partial charge in [0.2, 0.25) is 0 Å². The Morgan fingerprint density at radius 3 is 2.34 bits per heavy atom. The molecule has 0 fully saturated rings. The number of amides is 1. The van der Waals surface area contributed by atoms with E-state index in [9.17, 15) is 9.18 Å². The van der Waals surface area contributed by atoms with Crippen LogP contribution in [0.5, 0.6) is 11.5 Å². The standard InChI is InChI=1S/C23H24FN3O5/c1-29-16-10-7-14(11-17(16)30-2)22-19-20(13-5-8-15(24)9-6-13)25-26-21(19)23(28)27(22)12-18(31-3)32-4/h5-11,18,22H,12H2,1-4H3,(H,25,26). The Morgan fingerprint density at radius 1 is 1.03 bits per heavy atom. The Labute approximate surface area is 184 Å². The average molecular weight is 441 g/mol. The monoisotopic (exact) mass is 441 g/mol. The van der Waals surface area contributed by atoms with Crippen molar-refractivity contribution in [2.75, 3.05) is 35.0 Å². The van der Waals surface area contributed by atoms with Gasteiger partial charge in [0.15, 0.2) is 17.8 Å². The molecule has 8 nitrogen and oxygen atoms in total. The number of carbonyl (C=O) groups excluding carboxylic acids is 1. The Kier molecular flexibility index (Phi) is 6.11. The summed E-state index contributed by atoms with van der Waals surface area (Å²) >= 11 is 0. The summed E-state index contributed by atoms with van der Waals surface area (Å²) in [4.78, 5) is 15.0. The highest BCUT2D eigenvalue weighted by atomic mass is 19.1. The van der Waals surface area contributed by atoms with Crippen LogP contribution in [-0.4, -0.2) is 62.3 Å². The summed E-state index contributed by atoms with van der Waals surface area (Å²) in [6, 6.07) is 11.0. The molecule has 32 heavy (non-hydrogen) atoms. The molecular weight excluding hydrogens is 417 g/mol. The first-order valence-corrected chi connectivity index (χ1v) is 9.95. The molecule has 168 valence electrons. The molecule has 1 N–H and O–H groups in total. The number of aromatic nitrogens is 2. The SMILES string of the molecule is COc1ccc(C2c3c(-c4ccc(F)cc4)n[nH]c3C(=O)N2CC(OC)OC)cc1OC. The normalized spacial score (nSPS) is 15.4. The first kappa shape index (κ1) is 21.8. The third-order valence-corrected chi connectivity index (χ3v) is 5.58. The lowest BCUT2D eigenvalue weighted by Crippen LogP contribution is -2.38. The van der Waals surface area contributed by atoms with E-state index in [4.69, 9.17) is 18.9 Å². The maximum atomic E-state index is 13.5. The largest absolute Gasteiger partial charge is 0.493 e. The van der Waals surface area contributed by atoms with Crippen LogP contribution in [0.25, 0.3) is 11.3 Å². The van der Waals surface area contributed by atoms with E-state index in [1.54, 1.807) is 37.3 Å². The molecule has 4 rings (SSSR count). The smallest absolute Gasteiger partial charge is 0.273 e. The highest BCUT2D eigenvalue weighted by Gasteiger charge is 2.43.